The van der Waals surface area contributed by atoms with Crippen molar-refractivity contribution in [2.45, 2.75) is 50.7 Å². The Labute approximate surface area is 144 Å². The van der Waals surface area contributed by atoms with Gasteiger partial charge in [-0.3, -0.25) is 14.7 Å². The van der Waals surface area contributed by atoms with Crippen molar-refractivity contribution in [1.82, 2.24) is 15.2 Å². The summed E-state index contributed by atoms with van der Waals surface area (Å²) in [5, 5.41) is 3.30. The third kappa shape index (κ3) is 3.20. The summed E-state index contributed by atoms with van der Waals surface area (Å²) >= 11 is 0. The molecule has 4 rings (SSSR count). The summed E-state index contributed by atoms with van der Waals surface area (Å²) in [4.78, 5) is 19.5. The summed E-state index contributed by atoms with van der Waals surface area (Å²) in [7, 11) is 0. The maximum absolute atomic E-state index is 12.7. The van der Waals surface area contributed by atoms with Crippen molar-refractivity contribution < 1.29 is 4.79 Å². The number of carbonyl (C=O) groups excluding carboxylic acids is 1. The van der Waals surface area contributed by atoms with Gasteiger partial charge in [-0.1, -0.05) is 6.07 Å². The van der Waals surface area contributed by atoms with E-state index in [0.29, 0.717) is 17.9 Å². The molecule has 5 heteroatoms. The van der Waals surface area contributed by atoms with E-state index in [2.05, 4.69) is 21.3 Å². The summed E-state index contributed by atoms with van der Waals surface area (Å²) in [5.41, 5.74) is 7.42. The van der Waals surface area contributed by atoms with Crippen molar-refractivity contribution in [3.05, 3.63) is 30.1 Å². The number of nitrogens with zero attached hydrogens (tertiary/aromatic N) is 2. The molecule has 2 bridgehead atoms. The minimum Gasteiger partial charge on any atom is -0.353 e. The Morgan fingerprint density at radius 2 is 2.00 bits per heavy atom. The third-order valence-electron chi connectivity index (χ3n) is 6.33. The van der Waals surface area contributed by atoms with Gasteiger partial charge in [0.25, 0.3) is 0 Å². The van der Waals surface area contributed by atoms with E-state index in [1.54, 1.807) is 0 Å². The minimum absolute atomic E-state index is 0.0651. The Hall–Kier alpha value is -1.46. The van der Waals surface area contributed by atoms with Crippen LogP contribution in [0.2, 0.25) is 0 Å². The van der Waals surface area contributed by atoms with Crippen molar-refractivity contribution >= 4 is 5.91 Å². The average Bonchev–Trinajstić information content (AvgIpc) is 3.18. The molecule has 24 heavy (non-hydrogen) atoms. The summed E-state index contributed by atoms with van der Waals surface area (Å²) in [6.07, 6.45) is 7.48. The Kier molecular flexibility index (Phi) is 4.55. The van der Waals surface area contributed by atoms with Crippen LogP contribution >= 0.6 is 0 Å². The van der Waals surface area contributed by atoms with Crippen LogP contribution in [0, 0.1) is 17.8 Å². The number of nitrogens with two attached hydrogens (primary N) is 1. The van der Waals surface area contributed by atoms with E-state index in [1.807, 2.05) is 18.3 Å². The fourth-order valence-corrected chi connectivity index (χ4v) is 4.98. The lowest BCUT2D eigenvalue weighted by molar-refractivity contribution is -0.128. The molecule has 130 valence electrons. The van der Waals surface area contributed by atoms with E-state index in [-0.39, 0.29) is 17.9 Å². The minimum atomic E-state index is 0.0651. The van der Waals surface area contributed by atoms with Crippen LogP contribution in [0.3, 0.4) is 0 Å². The number of amides is 1. The number of hydrogen-bond acceptors (Lipinski definition) is 4. The second-order valence-corrected chi connectivity index (χ2v) is 7.82. The number of aromatic nitrogens is 1. The standard InChI is InChI=1S/C19H28N4O/c20-18-14-5-4-13(11-14)17(18)19(24)22-15-6-9-23(10-7-15)12-16-3-1-2-8-21-16/h1-3,8,13-15,17-18H,4-7,9-12,20H2,(H,22,24). The molecule has 2 heterocycles. The highest BCUT2D eigenvalue weighted by molar-refractivity contribution is 5.80. The molecule has 4 atom stereocenters. The van der Waals surface area contributed by atoms with E-state index >= 15 is 0 Å². The molecule has 0 radical (unpaired) electrons. The predicted octanol–water partition coefficient (Wildman–Crippen LogP) is 1.54. The van der Waals surface area contributed by atoms with Crippen molar-refractivity contribution in [2.75, 3.05) is 13.1 Å². The van der Waals surface area contributed by atoms with Gasteiger partial charge in [-0.15, -0.1) is 0 Å². The number of hydrogen-bond donors (Lipinski definition) is 2. The summed E-state index contributed by atoms with van der Waals surface area (Å²) in [6.45, 7) is 2.94. The zero-order valence-corrected chi connectivity index (χ0v) is 14.2. The normalized spacial score (nSPS) is 33.7. The zero-order valence-electron chi connectivity index (χ0n) is 14.2. The number of rotatable bonds is 4. The van der Waals surface area contributed by atoms with Gasteiger partial charge in [-0.25, -0.2) is 0 Å². The van der Waals surface area contributed by atoms with E-state index in [1.165, 1.54) is 19.3 Å². The van der Waals surface area contributed by atoms with Crippen LogP contribution in [0.15, 0.2) is 24.4 Å². The first-order valence-electron chi connectivity index (χ1n) is 9.39. The van der Waals surface area contributed by atoms with Crippen LogP contribution in [0.5, 0.6) is 0 Å². The number of piperidine rings is 1. The lowest BCUT2D eigenvalue weighted by Gasteiger charge is -2.34. The van der Waals surface area contributed by atoms with E-state index in [4.69, 9.17) is 5.73 Å². The van der Waals surface area contributed by atoms with Gasteiger partial charge in [0.1, 0.15) is 0 Å². The molecule has 0 spiro atoms. The molecule has 1 aliphatic heterocycles. The molecular formula is C19H28N4O. The van der Waals surface area contributed by atoms with E-state index < -0.39 is 0 Å². The highest BCUT2D eigenvalue weighted by Crippen LogP contribution is 2.47. The number of pyridine rings is 1. The molecule has 2 aliphatic carbocycles. The van der Waals surface area contributed by atoms with Crippen molar-refractivity contribution in [1.29, 1.82) is 0 Å². The first-order valence-corrected chi connectivity index (χ1v) is 9.39. The van der Waals surface area contributed by atoms with Gasteiger partial charge in [0.05, 0.1) is 11.6 Å². The van der Waals surface area contributed by atoms with Crippen LogP contribution in [0.4, 0.5) is 0 Å². The first-order chi connectivity index (χ1) is 11.7. The first kappa shape index (κ1) is 16.0. The van der Waals surface area contributed by atoms with E-state index in [9.17, 15) is 4.79 Å². The van der Waals surface area contributed by atoms with Gasteiger partial charge >= 0.3 is 0 Å². The van der Waals surface area contributed by atoms with Gasteiger partial charge in [-0.2, -0.15) is 0 Å². The lowest BCUT2D eigenvalue weighted by atomic mass is 9.84. The number of likely N-dealkylation sites (tertiary alicyclic amines) is 1. The average molecular weight is 328 g/mol. The van der Waals surface area contributed by atoms with Gasteiger partial charge in [0.2, 0.25) is 5.91 Å². The third-order valence-corrected chi connectivity index (χ3v) is 6.33. The van der Waals surface area contributed by atoms with Crippen molar-refractivity contribution in [3.8, 4) is 0 Å². The maximum Gasteiger partial charge on any atom is 0.225 e. The number of fused-ring (bicyclic) bond motifs is 2. The maximum atomic E-state index is 12.7. The molecule has 0 aromatic carbocycles. The Morgan fingerprint density at radius 3 is 2.67 bits per heavy atom. The molecule has 1 aromatic rings. The molecule has 3 fully saturated rings. The lowest BCUT2D eigenvalue weighted by Crippen LogP contribution is -2.50. The highest BCUT2D eigenvalue weighted by Gasteiger charge is 2.49. The molecule has 1 aromatic heterocycles. The van der Waals surface area contributed by atoms with Crippen LogP contribution in [-0.2, 0) is 11.3 Å². The van der Waals surface area contributed by atoms with Crippen LogP contribution < -0.4 is 11.1 Å². The van der Waals surface area contributed by atoms with Crippen molar-refractivity contribution in [3.63, 3.8) is 0 Å². The van der Waals surface area contributed by atoms with Crippen LogP contribution in [0.1, 0.15) is 37.8 Å². The molecular weight excluding hydrogens is 300 g/mol. The molecule has 3 N–H and O–H groups in total. The monoisotopic (exact) mass is 328 g/mol. The SMILES string of the molecule is NC1C2CCC(C2)C1C(=O)NC1CCN(Cc2ccccn2)CC1. The Balaban J connectivity index is 1.25. The summed E-state index contributed by atoms with van der Waals surface area (Å²) < 4.78 is 0. The topological polar surface area (TPSA) is 71.2 Å². The van der Waals surface area contributed by atoms with Crippen molar-refractivity contribution in [2.24, 2.45) is 23.5 Å². The molecule has 1 saturated heterocycles. The molecule has 2 saturated carbocycles. The Bertz CT molecular complexity index is 568. The number of nitrogens with one attached hydrogen (secondary N) is 1. The second kappa shape index (κ2) is 6.81. The predicted molar refractivity (Wildman–Crippen MR) is 93.0 cm³/mol. The van der Waals surface area contributed by atoms with Gasteiger partial charge in [-0.05, 0) is 56.1 Å². The second-order valence-electron chi connectivity index (χ2n) is 7.82. The molecule has 3 aliphatic rings. The highest BCUT2D eigenvalue weighted by atomic mass is 16.2. The summed E-state index contributed by atoms with van der Waals surface area (Å²) in [6, 6.07) is 6.46. The molecule has 1 amide bonds. The Morgan fingerprint density at radius 1 is 1.21 bits per heavy atom. The van der Waals surface area contributed by atoms with Gasteiger partial charge < -0.3 is 11.1 Å². The molecule has 5 nitrogen and oxygen atoms in total. The summed E-state index contributed by atoms with van der Waals surface area (Å²) in [5.74, 6) is 1.41. The van der Waals surface area contributed by atoms with Crippen LogP contribution in [0.25, 0.3) is 0 Å². The van der Waals surface area contributed by atoms with E-state index in [0.717, 1.165) is 38.2 Å². The largest absolute Gasteiger partial charge is 0.353 e. The zero-order chi connectivity index (χ0) is 16.5. The molecule has 4 unspecified atom stereocenters. The van der Waals surface area contributed by atoms with Crippen LogP contribution in [-0.4, -0.2) is 41.0 Å². The quantitative estimate of drug-likeness (QED) is 0.879. The van der Waals surface area contributed by atoms with Gasteiger partial charge in [0, 0.05) is 37.9 Å². The van der Waals surface area contributed by atoms with Gasteiger partial charge in [0.15, 0.2) is 0 Å². The fraction of sp³-hybridized carbons (Fsp3) is 0.684. The fourth-order valence-electron chi connectivity index (χ4n) is 4.98. The smallest absolute Gasteiger partial charge is 0.225 e. The number of carbonyl (C=O) groups is 1.